The molecule has 0 spiro atoms. The van der Waals surface area contributed by atoms with Crippen molar-refractivity contribution in [2.45, 2.75) is 31.4 Å². The van der Waals surface area contributed by atoms with Gasteiger partial charge in [-0.15, -0.1) is 12.4 Å². The molecule has 1 saturated carbocycles. The smallest absolute Gasteiger partial charge is 0.243 e. The molecule has 1 unspecified atom stereocenters. The molecule has 0 bridgehead atoms. The summed E-state index contributed by atoms with van der Waals surface area (Å²) in [7, 11) is 1.71. The van der Waals surface area contributed by atoms with E-state index in [1.807, 2.05) is 12.1 Å². The number of nitrogens with two attached hydrogens (primary N) is 1. The van der Waals surface area contributed by atoms with E-state index >= 15 is 0 Å². The SMILES string of the molecule is COC1(c2cc(-c3noc(C(C)N)n3)ccn2)CC1.Cl. The number of hydrogen-bond acceptors (Lipinski definition) is 6. The fraction of sp³-hybridized carbons (Fsp3) is 0.462. The maximum Gasteiger partial charge on any atom is 0.243 e. The minimum absolute atomic E-state index is 0. The number of halogens is 1. The van der Waals surface area contributed by atoms with Gasteiger partial charge >= 0.3 is 0 Å². The molecule has 2 aromatic rings. The third-order valence-corrected chi connectivity index (χ3v) is 3.41. The fourth-order valence-corrected chi connectivity index (χ4v) is 2.03. The molecule has 0 amide bonds. The lowest BCUT2D eigenvalue weighted by molar-refractivity contribution is 0.0752. The van der Waals surface area contributed by atoms with Crippen molar-refractivity contribution < 1.29 is 9.26 Å². The van der Waals surface area contributed by atoms with Gasteiger partial charge < -0.3 is 15.0 Å². The highest BCUT2D eigenvalue weighted by Crippen LogP contribution is 2.48. The minimum Gasteiger partial charge on any atom is -0.372 e. The quantitative estimate of drug-likeness (QED) is 0.930. The lowest BCUT2D eigenvalue weighted by atomic mass is 10.1. The Bertz CT molecular complexity index is 596. The van der Waals surface area contributed by atoms with Gasteiger partial charge in [0.1, 0.15) is 5.60 Å². The van der Waals surface area contributed by atoms with Gasteiger partial charge in [-0.05, 0) is 31.9 Å². The third kappa shape index (κ3) is 2.54. The van der Waals surface area contributed by atoms with E-state index in [1.54, 1.807) is 20.2 Å². The molecule has 2 N–H and O–H groups in total. The number of aromatic nitrogens is 3. The van der Waals surface area contributed by atoms with E-state index in [-0.39, 0.29) is 24.0 Å². The third-order valence-electron chi connectivity index (χ3n) is 3.41. The van der Waals surface area contributed by atoms with Gasteiger partial charge in [0, 0.05) is 18.9 Å². The van der Waals surface area contributed by atoms with Crippen molar-refractivity contribution in [2.24, 2.45) is 5.73 Å². The maximum atomic E-state index is 5.71. The van der Waals surface area contributed by atoms with Crippen molar-refractivity contribution in [2.75, 3.05) is 7.11 Å². The summed E-state index contributed by atoms with van der Waals surface area (Å²) in [6, 6.07) is 3.54. The van der Waals surface area contributed by atoms with Gasteiger partial charge in [0.2, 0.25) is 11.7 Å². The van der Waals surface area contributed by atoms with E-state index in [9.17, 15) is 0 Å². The zero-order valence-electron chi connectivity index (χ0n) is 11.4. The number of rotatable bonds is 4. The average Bonchev–Trinajstić information content (AvgIpc) is 3.07. The molecule has 1 atom stereocenters. The molecule has 108 valence electrons. The van der Waals surface area contributed by atoms with Gasteiger partial charge in [0.05, 0.1) is 11.7 Å². The first-order valence-electron chi connectivity index (χ1n) is 6.26. The Morgan fingerprint density at radius 2 is 2.20 bits per heavy atom. The van der Waals surface area contributed by atoms with Crippen molar-refractivity contribution >= 4 is 12.4 Å². The van der Waals surface area contributed by atoms with Gasteiger partial charge in [0.15, 0.2) is 0 Å². The summed E-state index contributed by atoms with van der Waals surface area (Å²) < 4.78 is 10.6. The van der Waals surface area contributed by atoms with Gasteiger partial charge in [-0.1, -0.05) is 5.16 Å². The number of pyridine rings is 1. The molecule has 0 aromatic carbocycles. The first-order valence-corrected chi connectivity index (χ1v) is 6.26. The monoisotopic (exact) mass is 296 g/mol. The average molecular weight is 297 g/mol. The molecule has 0 aliphatic heterocycles. The summed E-state index contributed by atoms with van der Waals surface area (Å²) in [4.78, 5) is 8.65. The molecular formula is C13H17ClN4O2. The van der Waals surface area contributed by atoms with Gasteiger partial charge in [-0.3, -0.25) is 4.98 Å². The van der Waals surface area contributed by atoms with Crippen molar-refractivity contribution in [1.82, 2.24) is 15.1 Å². The molecule has 3 rings (SSSR count). The van der Waals surface area contributed by atoms with Gasteiger partial charge in [0.25, 0.3) is 0 Å². The molecule has 1 fully saturated rings. The molecule has 7 heteroatoms. The van der Waals surface area contributed by atoms with E-state index in [0.717, 1.165) is 24.1 Å². The van der Waals surface area contributed by atoms with E-state index in [0.29, 0.717) is 11.7 Å². The van der Waals surface area contributed by atoms with E-state index in [2.05, 4.69) is 15.1 Å². The molecular weight excluding hydrogens is 280 g/mol. The van der Waals surface area contributed by atoms with Crippen molar-refractivity contribution in [1.29, 1.82) is 0 Å². The second-order valence-corrected chi connectivity index (χ2v) is 4.87. The highest BCUT2D eigenvalue weighted by atomic mass is 35.5. The summed E-state index contributed by atoms with van der Waals surface area (Å²) in [6.07, 6.45) is 3.74. The molecule has 20 heavy (non-hydrogen) atoms. The van der Waals surface area contributed by atoms with Crippen LogP contribution in [-0.4, -0.2) is 22.2 Å². The fourth-order valence-electron chi connectivity index (χ4n) is 2.03. The Morgan fingerprint density at radius 1 is 1.45 bits per heavy atom. The summed E-state index contributed by atoms with van der Waals surface area (Å²) in [5, 5.41) is 3.94. The lowest BCUT2D eigenvalue weighted by Gasteiger charge is -2.12. The van der Waals surface area contributed by atoms with Crippen LogP contribution < -0.4 is 5.73 Å². The summed E-state index contributed by atoms with van der Waals surface area (Å²) in [6.45, 7) is 1.80. The second kappa shape index (κ2) is 5.47. The minimum atomic E-state index is -0.267. The number of hydrogen-bond donors (Lipinski definition) is 1. The number of ether oxygens (including phenoxy) is 1. The zero-order valence-corrected chi connectivity index (χ0v) is 12.2. The van der Waals surface area contributed by atoms with Crippen LogP contribution in [0.1, 0.15) is 37.4 Å². The normalized spacial score (nSPS) is 17.4. The largest absolute Gasteiger partial charge is 0.372 e. The molecule has 0 radical (unpaired) electrons. The van der Waals surface area contributed by atoms with Crippen LogP contribution in [0.25, 0.3) is 11.4 Å². The Balaban J connectivity index is 0.00000147. The first kappa shape index (κ1) is 14.9. The van der Waals surface area contributed by atoms with Crippen molar-refractivity contribution in [3.63, 3.8) is 0 Å². The molecule has 6 nitrogen and oxygen atoms in total. The Morgan fingerprint density at radius 3 is 2.75 bits per heavy atom. The maximum absolute atomic E-state index is 5.71. The molecule has 0 saturated heterocycles. The first-order chi connectivity index (χ1) is 9.14. The molecule has 2 aromatic heterocycles. The van der Waals surface area contributed by atoms with Crippen molar-refractivity contribution in [3.05, 3.63) is 29.9 Å². The number of nitrogens with zero attached hydrogens (tertiary/aromatic N) is 3. The summed E-state index contributed by atoms with van der Waals surface area (Å²) >= 11 is 0. The van der Waals surface area contributed by atoms with Gasteiger partial charge in [-0.2, -0.15) is 4.98 Å². The number of methoxy groups -OCH3 is 1. The Hall–Kier alpha value is -1.50. The Labute approximate surface area is 123 Å². The van der Waals surface area contributed by atoms with Crippen LogP contribution in [0.3, 0.4) is 0 Å². The second-order valence-electron chi connectivity index (χ2n) is 4.87. The van der Waals surface area contributed by atoms with Gasteiger partial charge in [-0.25, -0.2) is 0 Å². The molecule has 2 heterocycles. The standard InChI is InChI=1S/C13H16N4O2.ClH/c1-8(14)12-16-11(17-19-12)9-3-6-15-10(7-9)13(18-2)4-5-13;/h3,6-8H,4-5,14H2,1-2H3;1H. The van der Waals surface area contributed by atoms with Crippen LogP contribution >= 0.6 is 12.4 Å². The van der Waals surface area contributed by atoms with Crippen LogP contribution in [-0.2, 0) is 10.3 Å². The van der Waals surface area contributed by atoms with Crippen molar-refractivity contribution in [3.8, 4) is 11.4 Å². The van der Waals surface area contributed by atoms with E-state index < -0.39 is 0 Å². The van der Waals surface area contributed by atoms with E-state index in [4.69, 9.17) is 15.0 Å². The molecule has 1 aliphatic rings. The van der Waals surface area contributed by atoms with Crippen LogP contribution in [0.15, 0.2) is 22.9 Å². The van der Waals surface area contributed by atoms with Crippen LogP contribution in [0, 0.1) is 0 Å². The predicted octanol–water partition coefficient (Wildman–Crippen LogP) is 2.21. The predicted molar refractivity (Wildman–Crippen MR) is 75.3 cm³/mol. The zero-order chi connectivity index (χ0) is 13.5. The Kier molecular flexibility index (Phi) is 4.08. The summed E-state index contributed by atoms with van der Waals surface area (Å²) in [5.41, 5.74) is 7.27. The van der Waals surface area contributed by atoms with E-state index in [1.165, 1.54) is 0 Å². The highest BCUT2D eigenvalue weighted by molar-refractivity contribution is 5.85. The lowest BCUT2D eigenvalue weighted by Crippen LogP contribution is -2.11. The van der Waals surface area contributed by atoms with Crippen LogP contribution in [0.5, 0.6) is 0 Å². The van der Waals surface area contributed by atoms with Crippen LogP contribution in [0.4, 0.5) is 0 Å². The topological polar surface area (TPSA) is 87.1 Å². The molecule has 1 aliphatic carbocycles. The highest BCUT2D eigenvalue weighted by Gasteiger charge is 2.46. The van der Waals surface area contributed by atoms with Crippen LogP contribution in [0.2, 0.25) is 0 Å². The summed E-state index contributed by atoms with van der Waals surface area (Å²) in [5.74, 6) is 0.962.